The maximum atomic E-state index is 11.2. The second-order valence-corrected chi connectivity index (χ2v) is 5.59. The number of aromatic nitrogens is 1. The lowest BCUT2D eigenvalue weighted by atomic mass is 10.1. The zero-order chi connectivity index (χ0) is 16.6. The van der Waals surface area contributed by atoms with Crippen LogP contribution in [0.15, 0.2) is 42.5 Å². The summed E-state index contributed by atoms with van der Waals surface area (Å²) < 4.78 is 2.03. The number of hydrogen-bond donors (Lipinski definition) is 3. The van der Waals surface area contributed by atoms with Crippen LogP contribution >= 0.6 is 0 Å². The van der Waals surface area contributed by atoms with Crippen LogP contribution in [0.4, 0.5) is 0 Å². The molecule has 0 aliphatic carbocycles. The van der Waals surface area contributed by atoms with Crippen LogP contribution in [0, 0.1) is 6.92 Å². The first kappa shape index (κ1) is 15.0. The van der Waals surface area contributed by atoms with Gasteiger partial charge < -0.3 is 19.9 Å². The molecule has 0 unspecified atom stereocenters. The van der Waals surface area contributed by atoms with Crippen LogP contribution in [0.3, 0.4) is 0 Å². The van der Waals surface area contributed by atoms with E-state index in [0.29, 0.717) is 12.1 Å². The molecule has 0 amide bonds. The van der Waals surface area contributed by atoms with Crippen molar-refractivity contribution in [2.45, 2.75) is 19.9 Å². The Kier molecular flexibility index (Phi) is 3.70. The molecule has 5 nitrogen and oxygen atoms in total. The van der Waals surface area contributed by atoms with Crippen LogP contribution in [0.2, 0.25) is 0 Å². The third-order valence-corrected chi connectivity index (χ3v) is 4.04. The van der Waals surface area contributed by atoms with Crippen molar-refractivity contribution in [1.29, 1.82) is 0 Å². The van der Waals surface area contributed by atoms with Gasteiger partial charge in [-0.15, -0.1) is 0 Å². The Balaban J connectivity index is 2.14. The summed E-state index contributed by atoms with van der Waals surface area (Å²) in [5.41, 5.74) is 3.45. The molecule has 0 saturated carbocycles. The van der Waals surface area contributed by atoms with Crippen molar-refractivity contribution in [3.8, 4) is 11.5 Å². The summed E-state index contributed by atoms with van der Waals surface area (Å²) >= 11 is 0. The van der Waals surface area contributed by atoms with E-state index in [1.807, 2.05) is 23.6 Å². The number of aromatic hydroxyl groups is 2. The number of nitrogens with zero attached hydrogens (tertiary/aromatic N) is 1. The van der Waals surface area contributed by atoms with Gasteiger partial charge in [0.15, 0.2) is 0 Å². The standard InChI is InChI=1S/C18H17NO4/c1-11-15(9-18(22)23)16-8-14(21)6-7-17(16)19(11)10-12-2-4-13(20)5-3-12/h2-8,20-21H,9-10H2,1H3,(H,22,23). The molecule has 3 aromatic rings. The van der Waals surface area contributed by atoms with Gasteiger partial charge in [-0.05, 0) is 48.4 Å². The highest BCUT2D eigenvalue weighted by molar-refractivity contribution is 5.90. The van der Waals surface area contributed by atoms with Gasteiger partial charge in [0.1, 0.15) is 11.5 Å². The van der Waals surface area contributed by atoms with E-state index in [2.05, 4.69) is 0 Å². The highest BCUT2D eigenvalue weighted by Gasteiger charge is 2.17. The minimum absolute atomic E-state index is 0.0889. The Bertz CT molecular complexity index is 878. The van der Waals surface area contributed by atoms with Gasteiger partial charge in [-0.3, -0.25) is 4.79 Å². The van der Waals surface area contributed by atoms with Gasteiger partial charge in [0, 0.05) is 23.1 Å². The molecule has 0 aliphatic heterocycles. The molecule has 5 heteroatoms. The average molecular weight is 311 g/mol. The molecular weight excluding hydrogens is 294 g/mol. The molecule has 0 radical (unpaired) electrons. The molecule has 0 atom stereocenters. The highest BCUT2D eigenvalue weighted by atomic mass is 16.4. The Labute approximate surface area is 133 Å². The van der Waals surface area contributed by atoms with Crippen LogP contribution < -0.4 is 0 Å². The molecular formula is C18H17NO4. The molecule has 23 heavy (non-hydrogen) atoms. The first-order valence-electron chi connectivity index (χ1n) is 7.26. The smallest absolute Gasteiger partial charge is 0.307 e. The van der Waals surface area contributed by atoms with Gasteiger partial charge in [-0.1, -0.05) is 12.1 Å². The molecule has 2 aromatic carbocycles. The van der Waals surface area contributed by atoms with E-state index in [1.54, 1.807) is 30.3 Å². The van der Waals surface area contributed by atoms with Gasteiger partial charge in [0.2, 0.25) is 0 Å². The number of aliphatic carboxylic acids is 1. The molecule has 0 aliphatic rings. The van der Waals surface area contributed by atoms with Gasteiger partial charge >= 0.3 is 5.97 Å². The molecule has 0 bridgehead atoms. The van der Waals surface area contributed by atoms with Gasteiger partial charge in [-0.2, -0.15) is 0 Å². The second-order valence-electron chi connectivity index (χ2n) is 5.59. The van der Waals surface area contributed by atoms with Crippen molar-refractivity contribution in [3.63, 3.8) is 0 Å². The summed E-state index contributed by atoms with van der Waals surface area (Å²) in [6.07, 6.45) is -0.0889. The maximum absolute atomic E-state index is 11.2. The lowest BCUT2D eigenvalue weighted by Crippen LogP contribution is -2.05. The third kappa shape index (κ3) is 2.85. The summed E-state index contributed by atoms with van der Waals surface area (Å²) in [6.45, 7) is 2.45. The summed E-state index contributed by atoms with van der Waals surface area (Å²) in [5, 5.41) is 29.0. The minimum atomic E-state index is -0.903. The summed E-state index contributed by atoms with van der Waals surface area (Å²) in [7, 11) is 0. The number of phenolic OH excluding ortho intramolecular Hbond substituents is 2. The van der Waals surface area contributed by atoms with Crippen molar-refractivity contribution < 1.29 is 20.1 Å². The lowest BCUT2D eigenvalue weighted by Gasteiger charge is -2.09. The highest BCUT2D eigenvalue weighted by Crippen LogP contribution is 2.30. The number of carboxylic acid groups (broad SMARTS) is 1. The summed E-state index contributed by atoms with van der Waals surface area (Å²) in [6, 6.07) is 11.9. The molecule has 3 N–H and O–H groups in total. The monoisotopic (exact) mass is 311 g/mol. The third-order valence-electron chi connectivity index (χ3n) is 4.04. The van der Waals surface area contributed by atoms with Crippen LogP contribution in [0.25, 0.3) is 10.9 Å². The quantitative estimate of drug-likeness (QED) is 0.691. The molecule has 1 aromatic heterocycles. The molecule has 3 rings (SSSR count). The van der Waals surface area contributed by atoms with E-state index in [4.69, 9.17) is 5.11 Å². The molecule has 1 heterocycles. The number of benzene rings is 2. The average Bonchev–Trinajstić information content (AvgIpc) is 2.74. The van der Waals surface area contributed by atoms with E-state index < -0.39 is 5.97 Å². The zero-order valence-electron chi connectivity index (χ0n) is 12.7. The Morgan fingerprint density at radius 3 is 2.35 bits per heavy atom. The van der Waals surface area contributed by atoms with E-state index in [-0.39, 0.29) is 17.9 Å². The van der Waals surface area contributed by atoms with E-state index in [9.17, 15) is 15.0 Å². The maximum Gasteiger partial charge on any atom is 0.307 e. The normalized spacial score (nSPS) is 11.0. The van der Waals surface area contributed by atoms with Crippen molar-refractivity contribution in [2.24, 2.45) is 0 Å². The molecule has 0 spiro atoms. The number of carboxylic acids is 1. The fourth-order valence-corrected chi connectivity index (χ4v) is 2.90. The van der Waals surface area contributed by atoms with Crippen LogP contribution in [-0.2, 0) is 17.8 Å². The number of rotatable bonds is 4. The van der Waals surface area contributed by atoms with Gasteiger partial charge in [-0.25, -0.2) is 0 Å². The van der Waals surface area contributed by atoms with Gasteiger partial charge in [0.05, 0.1) is 6.42 Å². The van der Waals surface area contributed by atoms with Crippen molar-refractivity contribution in [3.05, 3.63) is 59.3 Å². The predicted molar refractivity (Wildman–Crippen MR) is 86.9 cm³/mol. The topological polar surface area (TPSA) is 82.7 Å². The largest absolute Gasteiger partial charge is 0.508 e. The predicted octanol–water partition coefficient (Wildman–Crippen LogP) is 3.04. The van der Waals surface area contributed by atoms with Gasteiger partial charge in [0.25, 0.3) is 0 Å². The van der Waals surface area contributed by atoms with Crippen LogP contribution in [0.5, 0.6) is 11.5 Å². The molecule has 0 fully saturated rings. The second kappa shape index (κ2) is 5.68. The van der Waals surface area contributed by atoms with E-state index in [0.717, 1.165) is 22.2 Å². The lowest BCUT2D eigenvalue weighted by molar-refractivity contribution is -0.136. The first-order chi connectivity index (χ1) is 11.0. The Hall–Kier alpha value is -2.95. The van der Waals surface area contributed by atoms with E-state index in [1.165, 1.54) is 0 Å². The molecule has 118 valence electrons. The van der Waals surface area contributed by atoms with Crippen LogP contribution in [0.1, 0.15) is 16.8 Å². The van der Waals surface area contributed by atoms with Crippen molar-refractivity contribution >= 4 is 16.9 Å². The van der Waals surface area contributed by atoms with E-state index >= 15 is 0 Å². The number of phenols is 2. The number of hydrogen-bond acceptors (Lipinski definition) is 3. The number of fused-ring (bicyclic) bond motifs is 1. The minimum Gasteiger partial charge on any atom is -0.508 e. The first-order valence-corrected chi connectivity index (χ1v) is 7.26. The summed E-state index contributed by atoms with van der Waals surface area (Å²) in [4.78, 5) is 11.2. The fourth-order valence-electron chi connectivity index (χ4n) is 2.90. The zero-order valence-corrected chi connectivity index (χ0v) is 12.7. The Morgan fingerprint density at radius 1 is 1.04 bits per heavy atom. The number of carbonyl (C=O) groups is 1. The SMILES string of the molecule is Cc1c(CC(=O)O)c2cc(O)ccc2n1Cc1ccc(O)cc1. The van der Waals surface area contributed by atoms with Crippen molar-refractivity contribution in [1.82, 2.24) is 4.57 Å². The Morgan fingerprint density at radius 2 is 1.70 bits per heavy atom. The van der Waals surface area contributed by atoms with Crippen molar-refractivity contribution in [2.75, 3.05) is 0 Å². The molecule has 0 saturated heterocycles. The summed E-state index contributed by atoms with van der Waals surface area (Å²) in [5.74, 6) is -0.578. The van der Waals surface area contributed by atoms with Crippen LogP contribution in [-0.4, -0.2) is 25.9 Å². The fraction of sp³-hybridized carbons (Fsp3) is 0.167.